The van der Waals surface area contributed by atoms with E-state index in [1.54, 1.807) is 24.3 Å². The number of carbonyl (C=O) groups is 1. The van der Waals surface area contributed by atoms with Crippen molar-refractivity contribution in [3.63, 3.8) is 0 Å². The van der Waals surface area contributed by atoms with E-state index in [4.69, 9.17) is 10.9 Å². The second-order valence-electron chi connectivity index (χ2n) is 4.26. The molecular weight excluding hydrogens is 218 g/mol. The molecule has 1 aromatic rings. The molecule has 1 aliphatic rings. The average molecular weight is 233 g/mol. The quantitative estimate of drug-likeness (QED) is 0.319. The maximum absolute atomic E-state index is 11.6. The van der Waals surface area contributed by atoms with Gasteiger partial charge in [-0.2, -0.15) is 0 Å². The van der Waals surface area contributed by atoms with E-state index in [0.717, 1.165) is 12.8 Å². The fourth-order valence-electron chi connectivity index (χ4n) is 1.61. The fourth-order valence-corrected chi connectivity index (χ4v) is 1.61. The van der Waals surface area contributed by atoms with Crippen LogP contribution in [0.5, 0.6) is 0 Å². The Kier molecular flexibility index (Phi) is 3.27. The summed E-state index contributed by atoms with van der Waals surface area (Å²) < 4.78 is 0. The molecule has 0 aromatic heterocycles. The van der Waals surface area contributed by atoms with E-state index in [1.165, 1.54) is 0 Å². The van der Waals surface area contributed by atoms with E-state index in [2.05, 4.69) is 10.5 Å². The Hall–Kier alpha value is -2.04. The molecule has 0 unspecified atom stereocenters. The van der Waals surface area contributed by atoms with E-state index in [9.17, 15) is 4.79 Å². The molecule has 90 valence electrons. The Labute approximate surface area is 99.3 Å². The van der Waals surface area contributed by atoms with Gasteiger partial charge in [0, 0.05) is 17.7 Å². The molecule has 2 rings (SSSR count). The number of benzene rings is 1. The lowest BCUT2D eigenvalue weighted by Crippen LogP contribution is -2.15. The molecule has 1 saturated carbocycles. The summed E-state index contributed by atoms with van der Waals surface area (Å²) in [4.78, 5) is 11.6. The van der Waals surface area contributed by atoms with Crippen molar-refractivity contribution in [2.45, 2.75) is 19.3 Å². The van der Waals surface area contributed by atoms with Crippen molar-refractivity contribution in [3.8, 4) is 0 Å². The number of hydrogen-bond acceptors (Lipinski definition) is 3. The SMILES string of the molecule is NC(=NO)c1cccc(NC(=O)CC2CC2)c1. The van der Waals surface area contributed by atoms with Gasteiger partial charge >= 0.3 is 0 Å². The van der Waals surface area contributed by atoms with E-state index in [-0.39, 0.29) is 11.7 Å². The van der Waals surface area contributed by atoms with E-state index < -0.39 is 0 Å². The van der Waals surface area contributed by atoms with Gasteiger partial charge in [-0.25, -0.2) is 0 Å². The predicted molar refractivity (Wildman–Crippen MR) is 64.9 cm³/mol. The molecule has 0 saturated heterocycles. The molecule has 17 heavy (non-hydrogen) atoms. The smallest absolute Gasteiger partial charge is 0.224 e. The van der Waals surface area contributed by atoms with Crippen LogP contribution in [-0.2, 0) is 4.79 Å². The lowest BCUT2D eigenvalue weighted by atomic mass is 10.2. The van der Waals surface area contributed by atoms with Crippen LogP contribution in [0.1, 0.15) is 24.8 Å². The number of hydrogen-bond donors (Lipinski definition) is 3. The molecule has 1 aliphatic carbocycles. The average Bonchev–Trinajstić information content (AvgIpc) is 3.12. The summed E-state index contributed by atoms with van der Waals surface area (Å²) in [6, 6.07) is 6.92. The number of nitrogens with one attached hydrogen (secondary N) is 1. The molecule has 0 radical (unpaired) electrons. The second-order valence-corrected chi connectivity index (χ2v) is 4.26. The summed E-state index contributed by atoms with van der Waals surface area (Å²) >= 11 is 0. The Morgan fingerprint density at radius 2 is 2.29 bits per heavy atom. The third-order valence-corrected chi connectivity index (χ3v) is 2.72. The molecule has 5 nitrogen and oxygen atoms in total. The molecule has 5 heteroatoms. The maximum atomic E-state index is 11.6. The van der Waals surface area contributed by atoms with Crippen LogP contribution in [0.3, 0.4) is 0 Å². The van der Waals surface area contributed by atoms with Gasteiger partial charge in [-0.05, 0) is 30.9 Å². The number of nitrogens with zero attached hydrogens (tertiary/aromatic N) is 1. The van der Waals surface area contributed by atoms with E-state index >= 15 is 0 Å². The largest absolute Gasteiger partial charge is 0.409 e. The minimum Gasteiger partial charge on any atom is -0.409 e. The predicted octanol–water partition coefficient (Wildman–Crippen LogP) is 1.52. The molecule has 0 bridgehead atoms. The first-order chi connectivity index (χ1) is 8.19. The van der Waals surface area contributed by atoms with Crippen LogP contribution in [-0.4, -0.2) is 17.0 Å². The lowest BCUT2D eigenvalue weighted by molar-refractivity contribution is -0.116. The van der Waals surface area contributed by atoms with Gasteiger partial charge in [-0.3, -0.25) is 4.79 Å². The Balaban J connectivity index is 2.02. The molecule has 1 amide bonds. The van der Waals surface area contributed by atoms with Crippen LogP contribution in [0.4, 0.5) is 5.69 Å². The zero-order valence-electron chi connectivity index (χ0n) is 9.39. The minimum atomic E-state index is 0.0177. The van der Waals surface area contributed by atoms with Gasteiger partial charge in [-0.15, -0.1) is 0 Å². The highest BCUT2D eigenvalue weighted by Crippen LogP contribution is 2.32. The minimum absolute atomic E-state index is 0.0177. The summed E-state index contributed by atoms with van der Waals surface area (Å²) in [7, 11) is 0. The van der Waals surface area contributed by atoms with Crippen molar-refractivity contribution in [1.82, 2.24) is 0 Å². The monoisotopic (exact) mass is 233 g/mol. The zero-order chi connectivity index (χ0) is 12.3. The fraction of sp³-hybridized carbons (Fsp3) is 0.333. The normalized spacial score (nSPS) is 15.6. The highest BCUT2D eigenvalue weighted by atomic mass is 16.4. The Morgan fingerprint density at radius 3 is 2.94 bits per heavy atom. The highest BCUT2D eigenvalue weighted by Gasteiger charge is 2.24. The van der Waals surface area contributed by atoms with Gasteiger partial charge in [-0.1, -0.05) is 17.3 Å². The van der Waals surface area contributed by atoms with Gasteiger partial charge in [0.1, 0.15) is 0 Å². The third-order valence-electron chi connectivity index (χ3n) is 2.72. The number of anilines is 1. The molecule has 0 aliphatic heterocycles. The van der Waals surface area contributed by atoms with E-state index in [0.29, 0.717) is 23.6 Å². The number of rotatable bonds is 4. The highest BCUT2D eigenvalue weighted by molar-refractivity contribution is 5.99. The van der Waals surface area contributed by atoms with Crippen molar-refractivity contribution in [1.29, 1.82) is 0 Å². The zero-order valence-corrected chi connectivity index (χ0v) is 9.39. The first kappa shape index (κ1) is 11.4. The number of nitrogens with two attached hydrogens (primary N) is 1. The number of carbonyl (C=O) groups excluding carboxylic acids is 1. The van der Waals surface area contributed by atoms with Crippen LogP contribution in [0, 0.1) is 5.92 Å². The van der Waals surface area contributed by atoms with Gasteiger partial charge < -0.3 is 16.3 Å². The molecule has 1 aromatic carbocycles. The topological polar surface area (TPSA) is 87.7 Å². The Bertz CT molecular complexity index is 453. The summed E-state index contributed by atoms with van der Waals surface area (Å²) in [5, 5.41) is 14.3. The summed E-state index contributed by atoms with van der Waals surface area (Å²) in [5.41, 5.74) is 6.72. The number of amidine groups is 1. The summed E-state index contributed by atoms with van der Waals surface area (Å²) in [6.07, 6.45) is 2.88. The third kappa shape index (κ3) is 3.21. The number of oxime groups is 1. The molecule has 4 N–H and O–H groups in total. The van der Waals surface area contributed by atoms with Crippen molar-refractivity contribution in [3.05, 3.63) is 29.8 Å². The van der Waals surface area contributed by atoms with Gasteiger partial charge in [0.2, 0.25) is 5.91 Å². The molecule has 0 atom stereocenters. The van der Waals surface area contributed by atoms with Gasteiger partial charge in [0.15, 0.2) is 5.84 Å². The lowest BCUT2D eigenvalue weighted by Gasteiger charge is -2.06. The van der Waals surface area contributed by atoms with Crippen LogP contribution in [0.15, 0.2) is 29.4 Å². The Morgan fingerprint density at radius 1 is 1.53 bits per heavy atom. The standard InChI is InChI=1S/C12H15N3O2/c13-12(15-17)9-2-1-3-10(7-9)14-11(16)6-8-4-5-8/h1-3,7-8,17H,4-6H2,(H2,13,15)(H,14,16). The molecular formula is C12H15N3O2. The van der Waals surface area contributed by atoms with Crippen LogP contribution in [0.2, 0.25) is 0 Å². The first-order valence-corrected chi connectivity index (χ1v) is 5.57. The van der Waals surface area contributed by atoms with Crippen molar-refractivity contribution < 1.29 is 10.0 Å². The van der Waals surface area contributed by atoms with E-state index in [1.807, 2.05) is 0 Å². The maximum Gasteiger partial charge on any atom is 0.224 e. The molecule has 1 fully saturated rings. The van der Waals surface area contributed by atoms with Gasteiger partial charge in [0.25, 0.3) is 0 Å². The molecule has 0 heterocycles. The van der Waals surface area contributed by atoms with Crippen LogP contribution < -0.4 is 11.1 Å². The van der Waals surface area contributed by atoms with Crippen molar-refractivity contribution in [2.75, 3.05) is 5.32 Å². The molecule has 0 spiro atoms. The van der Waals surface area contributed by atoms with Crippen molar-refractivity contribution >= 4 is 17.4 Å². The first-order valence-electron chi connectivity index (χ1n) is 5.57. The summed E-state index contributed by atoms with van der Waals surface area (Å²) in [5.74, 6) is 0.606. The van der Waals surface area contributed by atoms with Crippen LogP contribution in [0.25, 0.3) is 0 Å². The number of amides is 1. The van der Waals surface area contributed by atoms with Crippen molar-refractivity contribution in [2.24, 2.45) is 16.8 Å². The summed E-state index contributed by atoms with van der Waals surface area (Å²) in [6.45, 7) is 0. The second kappa shape index (κ2) is 4.86. The van der Waals surface area contributed by atoms with Gasteiger partial charge in [0.05, 0.1) is 0 Å². The van der Waals surface area contributed by atoms with Crippen LogP contribution >= 0.6 is 0 Å².